The zero-order valence-electron chi connectivity index (χ0n) is 17.9. The van der Waals surface area contributed by atoms with Crippen LogP contribution in [0.25, 0.3) is 0 Å². The van der Waals surface area contributed by atoms with Crippen molar-refractivity contribution in [2.75, 3.05) is 19.8 Å². The van der Waals surface area contributed by atoms with Gasteiger partial charge < -0.3 is 4.74 Å². The SMILES string of the molecule is O=C1NC=CC=C[C](=[W])c2nccn2CCCCCOc2ccc(OC3CCOC3)cc21. The van der Waals surface area contributed by atoms with Crippen molar-refractivity contribution in [3.05, 3.63) is 66.4 Å². The van der Waals surface area contributed by atoms with Gasteiger partial charge in [0.1, 0.15) is 0 Å². The van der Waals surface area contributed by atoms with E-state index in [9.17, 15) is 4.79 Å². The van der Waals surface area contributed by atoms with Gasteiger partial charge in [0.05, 0.1) is 13.2 Å². The third-order valence-corrected chi connectivity index (χ3v) is 6.44. The summed E-state index contributed by atoms with van der Waals surface area (Å²) in [7, 11) is 0. The Morgan fingerprint density at radius 3 is 3.00 bits per heavy atom. The molecule has 2 aliphatic heterocycles. The van der Waals surface area contributed by atoms with Gasteiger partial charge in [-0.1, -0.05) is 0 Å². The first-order valence-electron chi connectivity index (χ1n) is 10.9. The Balaban J connectivity index is 1.50. The van der Waals surface area contributed by atoms with Crippen LogP contribution in [0.5, 0.6) is 11.5 Å². The Bertz CT molecular complexity index is 1010. The van der Waals surface area contributed by atoms with Crippen LogP contribution in [-0.4, -0.2) is 45.3 Å². The van der Waals surface area contributed by atoms with Crippen molar-refractivity contribution in [3.8, 4) is 11.5 Å². The van der Waals surface area contributed by atoms with Gasteiger partial charge in [-0.25, -0.2) is 0 Å². The molecule has 1 aromatic heterocycles. The summed E-state index contributed by atoms with van der Waals surface area (Å²) in [5, 5.41) is 2.83. The molecule has 7 nitrogen and oxygen atoms in total. The van der Waals surface area contributed by atoms with Crippen molar-refractivity contribution < 1.29 is 38.4 Å². The average Bonchev–Trinajstić information content (AvgIpc) is 3.48. The molecular formula is C24H27N3O4W. The van der Waals surface area contributed by atoms with E-state index in [1.165, 1.54) is 19.4 Å². The molecule has 1 fully saturated rings. The number of aryl methyl sites for hydroxylation is 1. The van der Waals surface area contributed by atoms with E-state index in [1.54, 1.807) is 12.3 Å². The van der Waals surface area contributed by atoms with E-state index in [1.807, 2.05) is 42.8 Å². The van der Waals surface area contributed by atoms with E-state index in [2.05, 4.69) is 14.9 Å². The summed E-state index contributed by atoms with van der Waals surface area (Å²) in [4.78, 5) is 17.4. The molecule has 32 heavy (non-hydrogen) atoms. The van der Waals surface area contributed by atoms with Gasteiger partial charge >= 0.3 is 175 Å². The monoisotopic (exact) mass is 605 g/mol. The maximum atomic E-state index is 12.9. The molecule has 0 bridgehead atoms. The number of allylic oxidation sites excluding steroid dienone is 3. The van der Waals surface area contributed by atoms with Gasteiger partial charge in [0.15, 0.2) is 0 Å². The predicted octanol–water partition coefficient (Wildman–Crippen LogP) is 3.18. The molecule has 1 aromatic carbocycles. The fourth-order valence-corrected chi connectivity index (χ4v) is 4.51. The fraction of sp³-hybridized carbons (Fsp3) is 0.375. The Hall–Kier alpha value is -2.50. The van der Waals surface area contributed by atoms with E-state index in [4.69, 9.17) is 14.2 Å². The van der Waals surface area contributed by atoms with Crippen molar-refractivity contribution in [3.63, 3.8) is 0 Å². The van der Waals surface area contributed by atoms with Crippen LogP contribution in [0.3, 0.4) is 0 Å². The third kappa shape index (κ3) is 6.05. The number of rotatable bonds is 2. The Morgan fingerprint density at radius 1 is 1.19 bits per heavy atom. The number of imidazole rings is 1. The molecule has 4 rings (SSSR count). The summed E-state index contributed by atoms with van der Waals surface area (Å²) in [5.41, 5.74) is 0.465. The molecule has 0 aliphatic carbocycles. The molecule has 1 amide bonds. The Kier molecular flexibility index (Phi) is 8.07. The standard InChI is InChI=1S/C24H27N3O4.W/c28-24-21-17-19(31-20-10-16-29-18-20)8-9-22(21)30-15-6-2-5-13-27-14-12-25-23(27)7-3-1-4-11-26-24;/h1,3-4,8-9,11-12,14,17,20H,2,5-6,10,13,15-16,18H2,(H,26,28);. The molecular weight excluding hydrogens is 578 g/mol. The molecule has 2 aliphatic rings. The average molecular weight is 605 g/mol. The minimum absolute atomic E-state index is 0.0218. The second-order valence-corrected chi connectivity index (χ2v) is 9.25. The van der Waals surface area contributed by atoms with Crippen molar-refractivity contribution in [2.24, 2.45) is 0 Å². The van der Waals surface area contributed by atoms with E-state index in [-0.39, 0.29) is 12.0 Å². The number of nitrogens with one attached hydrogen (secondary N) is 1. The Morgan fingerprint density at radius 2 is 2.12 bits per heavy atom. The molecule has 1 N–H and O–H groups in total. The van der Waals surface area contributed by atoms with Gasteiger partial charge in [-0.15, -0.1) is 0 Å². The number of nitrogens with zero attached hydrogens (tertiary/aromatic N) is 2. The van der Waals surface area contributed by atoms with Gasteiger partial charge in [0.2, 0.25) is 0 Å². The molecule has 8 heteroatoms. The molecule has 0 radical (unpaired) electrons. The first kappa shape index (κ1) is 22.7. The molecule has 1 atom stereocenters. The van der Waals surface area contributed by atoms with Crippen LogP contribution >= 0.6 is 0 Å². The zero-order chi connectivity index (χ0) is 22.2. The summed E-state index contributed by atoms with van der Waals surface area (Å²) in [5.74, 6) is 1.98. The van der Waals surface area contributed by atoms with Crippen LogP contribution in [0.1, 0.15) is 41.9 Å². The number of ether oxygens (including phenoxy) is 3. The first-order chi connectivity index (χ1) is 15.7. The molecule has 1 unspecified atom stereocenters. The number of aromatic nitrogens is 2. The van der Waals surface area contributed by atoms with Crippen LogP contribution in [-0.2, 0) is 30.6 Å². The number of carbonyl (C=O) groups is 1. The summed E-state index contributed by atoms with van der Waals surface area (Å²) in [6, 6.07) is 5.42. The molecule has 0 saturated carbocycles. The number of fused-ring (bicyclic) bond motifs is 2. The number of carbonyl (C=O) groups excluding carboxylic acids is 1. The molecule has 168 valence electrons. The van der Waals surface area contributed by atoms with Gasteiger partial charge in [0, 0.05) is 6.42 Å². The van der Waals surface area contributed by atoms with E-state index >= 15 is 0 Å². The molecule has 0 spiro atoms. The third-order valence-electron chi connectivity index (χ3n) is 5.29. The van der Waals surface area contributed by atoms with Crippen molar-refractivity contribution in [1.29, 1.82) is 0 Å². The number of benzene rings is 1. The van der Waals surface area contributed by atoms with Crippen molar-refractivity contribution in [2.45, 2.75) is 38.3 Å². The summed E-state index contributed by atoms with van der Waals surface area (Å²) in [6.07, 6.45) is 15.1. The van der Waals surface area contributed by atoms with Gasteiger partial charge in [-0.3, -0.25) is 0 Å². The normalized spacial score (nSPS) is 20.1. The fourth-order valence-electron chi connectivity index (χ4n) is 3.62. The van der Waals surface area contributed by atoms with Crippen LogP contribution < -0.4 is 14.8 Å². The second-order valence-electron chi connectivity index (χ2n) is 7.67. The number of hydrogen-bond donors (Lipinski definition) is 1. The Labute approximate surface area is 198 Å². The molecule has 1 saturated heterocycles. The second kappa shape index (κ2) is 11.4. The van der Waals surface area contributed by atoms with E-state index in [0.29, 0.717) is 36.9 Å². The quantitative estimate of drug-likeness (QED) is 0.570. The van der Waals surface area contributed by atoms with E-state index < -0.39 is 0 Å². The van der Waals surface area contributed by atoms with Crippen LogP contribution in [0.2, 0.25) is 0 Å². The first-order valence-corrected chi connectivity index (χ1v) is 12.4. The van der Waals surface area contributed by atoms with Crippen molar-refractivity contribution in [1.82, 2.24) is 14.9 Å². The van der Waals surface area contributed by atoms with Crippen molar-refractivity contribution >= 4 is 9.81 Å². The zero-order valence-corrected chi connectivity index (χ0v) is 20.8. The summed E-state index contributed by atoms with van der Waals surface area (Å²) < 4.78 is 20.7. The maximum absolute atomic E-state index is 12.9. The number of hydrogen-bond acceptors (Lipinski definition) is 5. The van der Waals surface area contributed by atoms with Crippen LogP contribution in [0.15, 0.2) is 55.0 Å². The van der Waals surface area contributed by atoms with Gasteiger partial charge in [-0.05, 0) is 0 Å². The summed E-state index contributed by atoms with van der Waals surface area (Å²) >= 11 is 1.35. The minimum atomic E-state index is -0.232. The van der Waals surface area contributed by atoms with Crippen LogP contribution in [0, 0.1) is 0 Å². The molecule has 3 heterocycles. The summed E-state index contributed by atoms with van der Waals surface area (Å²) in [6.45, 7) is 2.77. The van der Waals surface area contributed by atoms with E-state index in [0.717, 1.165) is 42.0 Å². The number of amides is 1. The topological polar surface area (TPSA) is 74.6 Å². The van der Waals surface area contributed by atoms with Gasteiger partial charge in [0.25, 0.3) is 0 Å². The van der Waals surface area contributed by atoms with Crippen LogP contribution in [0.4, 0.5) is 0 Å². The molecule has 2 aromatic rings. The predicted molar refractivity (Wildman–Crippen MR) is 118 cm³/mol. The van der Waals surface area contributed by atoms with Gasteiger partial charge in [-0.2, -0.15) is 0 Å².